The number of thiophene rings is 1. The van der Waals surface area contributed by atoms with Crippen molar-refractivity contribution in [2.24, 2.45) is 0 Å². The van der Waals surface area contributed by atoms with Crippen LogP contribution in [-0.4, -0.2) is 32.3 Å². The van der Waals surface area contributed by atoms with Crippen LogP contribution < -0.4 is 10.9 Å². The number of aromatic nitrogens is 3. The van der Waals surface area contributed by atoms with Crippen LogP contribution >= 0.6 is 23.1 Å². The Hall–Kier alpha value is -3.43. The smallest absolute Gasteiger partial charge is 0.269 e. The minimum absolute atomic E-state index is 0.109. The number of aryl methyl sites for hydroxylation is 1. The lowest BCUT2D eigenvalue weighted by molar-refractivity contribution is -0.119. The van der Waals surface area contributed by atoms with E-state index in [4.69, 9.17) is 0 Å². The molecule has 2 aromatic heterocycles. The van der Waals surface area contributed by atoms with Crippen molar-refractivity contribution in [3.8, 4) is 0 Å². The molecule has 168 valence electrons. The number of nitrogens with one attached hydrogen (secondary N) is 2. The number of amides is 2. The van der Waals surface area contributed by atoms with Crippen LogP contribution in [0.25, 0.3) is 0 Å². The molecule has 4 rings (SSSR count). The second kappa shape index (κ2) is 11.4. The van der Waals surface area contributed by atoms with Crippen LogP contribution in [0.3, 0.4) is 0 Å². The van der Waals surface area contributed by atoms with Crippen molar-refractivity contribution in [2.45, 2.75) is 24.5 Å². The van der Waals surface area contributed by atoms with Crippen LogP contribution in [0.2, 0.25) is 0 Å². The molecule has 4 aromatic rings. The summed E-state index contributed by atoms with van der Waals surface area (Å²) in [4.78, 5) is 25.6. The summed E-state index contributed by atoms with van der Waals surface area (Å²) in [6, 6.07) is 23.1. The molecule has 0 atom stereocenters. The summed E-state index contributed by atoms with van der Waals surface area (Å²) in [5, 5.41) is 11.5. The van der Waals surface area contributed by atoms with E-state index in [1.807, 2.05) is 35.7 Å². The Morgan fingerprint density at radius 3 is 2.39 bits per heavy atom. The fourth-order valence-electron chi connectivity index (χ4n) is 3.19. The second-order valence-corrected chi connectivity index (χ2v) is 9.17. The van der Waals surface area contributed by atoms with Crippen LogP contribution in [0.15, 0.2) is 83.3 Å². The molecular weight excluding hydrogens is 454 g/mol. The molecule has 0 fully saturated rings. The monoisotopic (exact) mass is 477 g/mol. The van der Waals surface area contributed by atoms with Crippen molar-refractivity contribution >= 4 is 34.9 Å². The molecule has 7 nitrogen and oxygen atoms in total. The van der Waals surface area contributed by atoms with Crippen molar-refractivity contribution in [3.05, 3.63) is 100 Å². The molecule has 2 amide bonds. The van der Waals surface area contributed by atoms with Crippen LogP contribution in [0, 0.1) is 0 Å². The van der Waals surface area contributed by atoms with Gasteiger partial charge in [-0.3, -0.25) is 20.4 Å². The summed E-state index contributed by atoms with van der Waals surface area (Å²) in [6.07, 6.45) is 1.53. The minimum Gasteiger partial charge on any atom is -0.305 e. The van der Waals surface area contributed by atoms with E-state index in [0.717, 1.165) is 12.2 Å². The summed E-state index contributed by atoms with van der Waals surface area (Å²) in [5.41, 5.74) is 6.60. The third-order valence-electron chi connectivity index (χ3n) is 4.86. The van der Waals surface area contributed by atoms with Gasteiger partial charge in [0, 0.05) is 23.4 Å². The zero-order chi connectivity index (χ0) is 22.9. The average molecular weight is 478 g/mol. The van der Waals surface area contributed by atoms with Gasteiger partial charge < -0.3 is 4.57 Å². The van der Waals surface area contributed by atoms with Crippen LogP contribution in [0.4, 0.5) is 0 Å². The highest BCUT2D eigenvalue weighted by Crippen LogP contribution is 2.21. The van der Waals surface area contributed by atoms with Crippen molar-refractivity contribution in [2.75, 3.05) is 5.75 Å². The van der Waals surface area contributed by atoms with Crippen molar-refractivity contribution in [3.63, 3.8) is 0 Å². The van der Waals surface area contributed by atoms with E-state index in [1.165, 1.54) is 22.2 Å². The van der Waals surface area contributed by atoms with Crippen LogP contribution in [0.1, 0.15) is 26.6 Å². The maximum atomic E-state index is 12.3. The third kappa shape index (κ3) is 6.53. The quantitative estimate of drug-likeness (QED) is 0.283. The summed E-state index contributed by atoms with van der Waals surface area (Å²) in [6.45, 7) is 0.715. The molecule has 2 aromatic carbocycles. The molecule has 0 unspecified atom stereocenters. The molecule has 2 heterocycles. The molecule has 33 heavy (non-hydrogen) atoms. The molecule has 0 spiro atoms. The van der Waals surface area contributed by atoms with Crippen molar-refractivity contribution in [1.29, 1.82) is 0 Å². The Labute approximate surface area is 200 Å². The molecule has 0 aliphatic carbocycles. The van der Waals surface area contributed by atoms with Gasteiger partial charge in [-0.2, -0.15) is 0 Å². The van der Waals surface area contributed by atoms with Crippen LogP contribution in [-0.2, 0) is 24.2 Å². The lowest BCUT2D eigenvalue weighted by Gasteiger charge is -2.11. The first-order chi connectivity index (χ1) is 16.2. The zero-order valence-corrected chi connectivity index (χ0v) is 19.4. The Morgan fingerprint density at radius 1 is 0.909 bits per heavy atom. The first-order valence-corrected chi connectivity index (χ1v) is 12.3. The topological polar surface area (TPSA) is 88.9 Å². The highest BCUT2D eigenvalue weighted by Gasteiger charge is 2.16. The Bertz CT molecular complexity index is 1180. The highest BCUT2D eigenvalue weighted by atomic mass is 32.2. The van der Waals surface area contributed by atoms with Gasteiger partial charge >= 0.3 is 0 Å². The van der Waals surface area contributed by atoms with Gasteiger partial charge in [0.05, 0.1) is 5.75 Å². The van der Waals surface area contributed by atoms with Gasteiger partial charge in [0.25, 0.3) is 5.91 Å². The molecule has 0 aliphatic rings. The third-order valence-corrected chi connectivity index (χ3v) is 6.70. The molecule has 0 saturated heterocycles. The minimum atomic E-state index is -0.363. The van der Waals surface area contributed by atoms with Crippen LogP contribution in [0.5, 0.6) is 0 Å². The van der Waals surface area contributed by atoms with Gasteiger partial charge in [0.2, 0.25) is 5.91 Å². The first kappa shape index (κ1) is 22.8. The van der Waals surface area contributed by atoms with Gasteiger partial charge in [-0.15, -0.1) is 21.5 Å². The Balaban J connectivity index is 1.37. The predicted octanol–water partition coefficient (Wildman–Crippen LogP) is 3.73. The van der Waals surface area contributed by atoms with E-state index >= 15 is 0 Å². The highest BCUT2D eigenvalue weighted by molar-refractivity contribution is 7.99. The van der Waals surface area contributed by atoms with Gasteiger partial charge in [-0.1, -0.05) is 66.4 Å². The molecular formula is C24H23N5O2S2. The molecule has 0 saturated carbocycles. The summed E-state index contributed by atoms with van der Waals surface area (Å²) >= 11 is 2.98. The normalized spacial score (nSPS) is 10.7. The summed E-state index contributed by atoms with van der Waals surface area (Å²) < 4.78 is 2.08. The number of hydrazine groups is 1. The van der Waals surface area contributed by atoms with Gasteiger partial charge in [0.15, 0.2) is 5.16 Å². The van der Waals surface area contributed by atoms with E-state index in [9.17, 15) is 9.59 Å². The Kier molecular flexibility index (Phi) is 7.89. The number of carbonyl (C=O) groups excluding carboxylic acids is 2. The van der Waals surface area contributed by atoms with E-state index in [0.29, 0.717) is 23.7 Å². The number of hydrogen-bond acceptors (Lipinski definition) is 6. The lowest BCUT2D eigenvalue weighted by atomic mass is 10.1. The van der Waals surface area contributed by atoms with Crippen molar-refractivity contribution in [1.82, 2.24) is 25.6 Å². The summed E-state index contributed by atoms with van der Waals surface area (Å²) in [5.74, 6) is 0.297. The van der Waals surface area contributed by atoms with E-state index in [2.05, 4.69) is 43.8 Å². The molecule has 0 bridgehead atoms. The van der Waals surface area contributed by atoms with Gasteiger partial charge in [0.1, 0.15) is 5.82 Å². The van der Waals surface area contributed by atoms with E-state index in [1.54, 1.807) is 35.6 Å². The number of nitrogens with zero attached hydrogens (tertiary/aromatic N) is 3. The number of hydrogen-bond donors (Lipinski definition) is 2. The number of carbonyl (C=O) groups is 2. The Morgan fingerprint density at radius 2 is 1.67 bits per heavy atom. The number of thioether (sulfide) groups is 1. The fourth-order valence-corrected chi connectivity index (χ4v) is 4.67. The maximum absolute atomic E-state index is 12.3. The van der Waals surface area contributed by atoms with Gasteiger partial charge in [-0.25, -0.2) is 0 Å². The predicted molar refractivity (Wildman–Crippen MR) is 130 cm³/mol. The number of rotatable bonds is 9. The van der Waals surface area contributed by atoms with Crippen molar-refractivity contribution < 1.29 is 9.59 Å². The zero-order valence-electron chi connectivity index (χ0n) is 17.8. The molecule has 0 aliphatic heterocycles. The first-order valence-electron chi connectivity index (χ1n) is 10.4. The van der Waals surface area contributed by atoms with Gasteiger partial charge in [-0.05, 0) is 35.6 Å². The standard InChI is InChI=1S/C24H23N5O2S2/c30-22(26-27-23(31)19-10-5-2-6-11-19)17-33-24-28-25-21(16-20-12-7-15-32-20)29(24)14-13-18-8-3-1-4-9-18/h1-12,15H,13-14,16-17H2,(H,26,30)(H,27,31). The SMILES string of the molecule is O=C(CSc1nnc(Cc2cccs2)n1CCc1ccccc1)NNC(=O)c1ccccc1. The second-order valence-electron chi connectivity index (χ2n) is 7.20. The average Bonchev–Trinajstić information content (AvgIpc) is 3.51. The maximum Gasteiger partial charge on any atom is 0.269 e. The van der Waals surface area contributed by atoms with E-state index in [-0.39, 0.29) is 17.6 Å². The number of benzene rings is 2. The lowest BCUT2D eigenvalue weighted by Crippen LogP contribution is -2.42. The molecule has 0 radical (unpaired) electrons. The fraction of sp³-hybridized carbons (Fsp3) is 0.167. The molecule has 9 heteroatoms. The largest absolute Gasteiger partial charge is 0.305 e. The van der Waals surface area contributed by atoms with E-state index < -0.39 is 0 Å². The molecule has 2 N–H and O–H groups in total. The summed E-state index contributed by atoms with van der Waals surface area (Å²) in [7, 11) is 0.